The van der Waals surface area contributed by atoms with Gasteiger partial charge in [0.25, 0.3) is 11.1 Å². The van der Waals surface area contributed by atoms with Gasteiger partial charge in [0.05, 0.1) is 44.5 Å². The molecule has 2 aliphatic heterocycles. The highest BCUT2D eigenvalue weighted by molar-refractivity contribution is 7.19. The molecule has 0 unspecified atom stereocenters. The van der Waals surface area contributed by atoms with Crippen LogP contribution in [0.25, 0.3) is 27.0 Å². The number of pyridine rings is 2. The largest absolute Gasteiger partial charge is 0.392 e. The van der Waals surface area contributed by atoms with Crippen LogP contribution in [0.15, 0.2) is 52.7 Å². The molecule has 0 radical (unpaired) electrons. The third kappa shape index (κ3) is 5.38. The lowest BCUT2D eigenvalue weighted by Gasteiger charge is -2.46. The number of piperazine rings is 1. The number of aromatic nitrogens is 6. The molecule has 8 rings (SSSR count). The minimum Gasteiger partial charge on any atom is -0.392 e. The highest BCUT2D eigenvalue weighted by atomic mass is 32.1. The number of hydrogen-bond acceptors (Lipinski definition) is 12. The van der Waals surface area contributed by atoms with E-state index in [0.717, 1.165) is 69.7 Å². The summed E-state index contributed by atoms with van der Waals surface area (Å²) in [5.74, 6) is 1.49. The first-order valence-electron chi connectivity index (χ1n) is 16.4. The fraction of sp³-hybridized carbons (Fsp3) is 0.412. The van der Waals surface area contributed by atoms with Crippen LogP contribution in [0.4, 0.5) is 17.3 Å². The molecule has 7 heterocycles. The molecule has 2 N–H and O–H groups in total. The van der Waals surface area contributed by atoms with Crippen molar-refractivity contribution in [2.45, 2.75) is 51.3 Å². The molecule has 0 bridgehead atoms. The molecular weight excluding hydrogens is 631 g/mol. The second-order valence-corrected chi connectivity index (χ2v) is 13.9. The van der Waals surface area contributed by atoms with Crippen LogP contribution >= 0.6 is 11.3 Å². The first-order chi connectivity index (χ1) is 23.4. The van der Waals surface area contributed by atoms with Gasteiger partial charge >= 0.3 is 0 Å². The van der Waals surface area contributed by atoms with Gasteiger partial charge in [-0.05, 0) is 55.9 Å². The van der Waals surface area contributed by atoms with Crippen molar-refractivity contribution in [1.82, 2.24) is 34.2 Å². The number of aliphatic hydroxyl groups is 1. The Kier molecular flexibility index (Phi) is 8.03. The Labute approximate surface area is 280 Å². The summed E-state index contributed by atoms with van der Waals surface area (Å²) in [6.07, 6.45) is 12.6. The maximum atomic E-state index is 13.7. The fourth-order valence-corrected chi connectivity index (χ4v) is 8.39. The molecule has 0 spiro atoms. The molecule has 14 heteroatoms. The molecule has 3 aliphatic rings. The van der Waals surface area contributed by atoms with E-state index in [4.69, 9.17) is 4.74 Å². The third-order valence-corrected chi connectivity index (χ3v) is 11.1. The minimum atomic E-state index is -0.384. The number of nitrogens with zero attached hydrogens (tertiary/aromatic N) is 8. The van der Waals surface area contributed by atoms with Crippen LogP contribution in [0.1, 0.15) is 35.8 Å². The Morgan fingerprint density at radius 2 is 1.92 bits per heavy atom. The Balaban J connectivity index is 1.08. The standard InChI is InChI=1S/C34H37N9O4S/c1-20-15-41(22-18-47-19-22)9-10-42(20)30-14-36-29(13-37-30)39-27-11-21(16-40(2)33(27)45)23-7-8-35-32(26(23)17-44)43-34(46)31-25(12-38-43)24-5-3-4-6-28(24)48-31/h7-8,11-14,16,20,22,44H,3-6,9-10,15,17-19H2,1-2H3,(H,36,39)/t20-/m0/s1. The van der Waals surface area contributed by atoms with Crippen molar-refractivity contribution >= 4 is 38.7 Å². The number of anilines is 3. The molecule has 48 heavy (non-hydrogen) atoms. The normalized spacial score (nSPS) is 18.6. The van der Waals surface area contributed by atoms with E-state index in [-0.39, 0.29) is 29.6 Å². The van der Waals surface area contributed by atoms with Gasteiger partial charge in [-0.2, -0.15) is 9.78 Å². The SMILES string of the molecule is C[C@H]1CN(C2COC2)CCN1c1cnc(Nc2cc(-c3ccnc(-n4ncc5c6c(sc5c4=O)CCCC6)c3CO)cn(C)c2=O)cn1. The van der Waals surface area contributed by atoms with E-state index in [1.54, 1.807) is 50.2 Å². The summed E-state index contributed by atoms with van der Waals surface area (Å²) in [6, 6.07) is 4.28. The van der Waals surface area contributed by atoms with Crippen molar-refractivity contribution in [2.24, 2.45) is 7.05 Å². The first-order valence-corrected chi connectivity index (χ1v) is 17.2. The summed E-state index contributed by atoms with van der Waals surface area (Å²) in [5.41, 5.74) is 2.74. The number of thiophene rings is 1. The maximum Gasteiger partial charge on any atom is 0.290 e. The zero-order valence-electron chi connectivity index (χ0n) is 26.9. The number of aryl methyl sites for hydroxylation is 3. The molecule has 5 aromatic heterocycles. The summed E-state index contributed by atoms with van der Waals surface area (Å²) in [6.45, 7) is 6.17. The topological polar surface area (TPSA) is 144 Å². The van der Waals surface area contributed by atoms with Crippen LogP contribution in [0.2, 0.25) is 0 Å². The Morgan fingerprint density at radius 1 is 1.06 bits per heavy atom. The van der Waals surface area contributed by atoms with E-state index in [1.807, 2.05) is 0 Å². The summed E-state index contributed by atoms with van der Waals surface area (Å²) in [4.78, 5) is 46.7. The number of hydrogen-bond donors (Lipinski definition) is 2. The molecule has 0 amide bonds. The maximum absolute atomic E-state index is 13.7. The average molecular weight is 668 g/mol. The second-order valence-electron chi connectivity index (χ2n) is 12.8. The van der Waals surface area contributed by atoms with Crippen molar-refractivity contribution in [1.29, 1.82) is 0 Å². The van der Waals surface area contributed by atoms with Crippen LogP contribution < -0.4 is 21.3 Å². The number of ether oxygens (including phenoxy) is 1. The summed E-state index contributed by atoms with van der Waals surface area (Å²) < 4.78 is 8.79. The van der Waals surface area contributed by atoms with Crippen molar-refractivity contribution < 1.29 is 9.84 Å². The van der Waals surface area contributed by atoms with Gasteiger partial charge < -0.3 is 24.6 Å². The predicted molar refractivity (Wildman–Crippen MR) is 185 cm³/mol. The molecule has 0 saturated carbocycles. The number of aliphatic hydroxyl groups excluding tert-OH is 1. The van der Waals surface area contributed by atoms with E-state index in [1.165, 1.54) is 31.0 Å². The lowest BCUT2D eigenvalue weighted by molar-refractivity contribution is -0.0692. The smallest absolute Gasteiger partial charge is 0.290 e. The van der Waals surface area contributed by atoms with Gasteiger partial charge in [0, 0.05) is 66.5 Å². The van der Waals surface area contributed by atoms with E-state index >= 15 is 0 Å². The van der Waals surface area contributed by atoms with Crippen LogP contribution in [0.3, 0.4) is 0 Å². The van der Waals surface area contributed by atoms with Gasteiger partial charge in [0.2, 0.25) is 0 Å². The molecule has 5 aromatic rings. The molecule has 0 aromatic carbocycles. The number of rotatable bonds is 7. The van der Waals surface area contributed by atoms with Gasteiger partial charge in [-0.1, -0.05) is 0 Å². The van der Waals surface area contributed by atoms with E-state index in [0.29, 0.717) is 38.9 Å². The van der Waals surface area contributed by atoms with E-state index in [9.17, 15) is 14.7 Å². The van der Waals surface area contributed by atoms with Gasteiger partial charge in [-0.15, -0.1) is 11.3 Å². The zero-order valence-corrected chi connectivity index (χ0v) is 27.7. The van der Waals surface area contributed by atoms with Crippen molar-refractivity contribution in [3.63, 3.8) is 0 Å². The minimum absolute atomic E-state index is 0.250. The molecule has 13 nitrogen and oxygen atoms in total. The Hall–Kier alpha value is -4.50. The van der Waals surface area contributed by atoms with Crippen LogP contribution in [0, 0.1) is 0 Å². The van der Waals surface area contributed by atoms with Gasteiger partial charge in [-0.25, -0.2) is 15.0 Å². The summed E-state index contributed by atoms with van der Waals surface area (Å²) >= 11 is 1.54. The lowest BCUT2D eigenvalue weighted by Crippen LogP contribution is -2.59. The van der Waals surface area contributed by atoms with Gasteiger partial charge in [0.1, 0.15) is 22.0 Å². The highest BCUT2D eigenvalue weighted by Gasteiger charge is 2.32. The summed E-state index contributed by atoms with van der Waals surface area (Å²) in [5, 5.41) is 19.2. The third-order valence-electron chi connectivity index (χ3n) is 9.78. The second kappa shape index (κ2) is 12.5. The average Bonchev–Trinajstić information content (AvgIpc) is 3.46. The van der Waals surface area contributed by atoms with Crippen LogP contribution in [-0.2, 0) is 31.2 Å². The predicted octanol–water partition coefficient (Wildman–Crippen LogP) is 3.02. The Bertz CT molecular complexity index is 2120. The molecule has 248 valence electrons. The van der Waals surface area contributed by atoms with E-state index in [2.05, 4.69) is 42.1 Å². The van der Waals surface area contributed by atoms with E-state index < -0.39 is 0 Å². The van der Waals surface area contributed by atoms with Gasteiger partial charge in [0.15, 0.2) is 5.82 Å². The lowest BCUT2D eigenvalue weighted by atomic mass is 9.97. The molecule has 1 aliphatic carbocycles. The first kappa shape index (κ1) is 30.8. The van der Waals surface area contributed by atoms with Crippen molar-refractivity contribution in [3.05, 3.63) is 79.8 Å². The molecular formula is C34H37N9O4S. The van der Waals surface area contributed by atoms with Crippen LogP contribution in [0.5, 0.6) is 0 Å². The molecule has 2 saturated heterocycles. The van der Waals surface area contributed by atoms with Crippen molar-refractivity contribution in [3.8, 4) is 16.9 Å². The molecule has 2 fully saturated rings. The highest BCUT2D eigenvalue weighted by Crippen LogP contribution is 2.35. The van der Waals surface area contributed by atoms with Gasteiger partial charge in [-0.3, -0.25) is 14.5 Å². The summed E-state index contributed by atoms with van der Waals surface area (Å²) in [7, 11) is 1.67. The monoisotopic (exact) mass is 667 g/mol. The zero-order chi connectivity index (χ0) is 32.9. The fourth-order valence-electron chi connectivity index (χ4n) is 7.10. The number of nitrogens with one attached hydrogen (secondary N) is 1. The Morgan fingerprint density at radius 3 is 2.67 bits per heavy atom. The van der Waals surface area contributed by atoms with Crippen LogP contribution in [-0.4, -0.2) is 84.2 Å². The van der Waals surface area contributed by atoms with Crippen molar-refractivity contribution in [2.75, 3.05) is 43.1 Å². The molecule has 1 atom stereocenters. The quantitative estimate of drug-likeness (QED) is 0.264. The number of fused-ring (bicyclic) bond motifs is 3.